The molecule has 0 radical (unpaired) electrons. The second kappa shape index (κ2) is 15.3. The molecule has 2 amide bonds. The molecule has 0 aliphatic carbocycles. The van der Waals surface area contributed by atoms with Gasteiger partial charge in [0.25, 0.3) is 5.91 Å². The molecule has 5 rings (SSSR count). The maximum atomic E-state index is 11.9. The van der Waals surface area contributed by atoms with E-state index in [1.807, 2.05) is 35.3 Å². The van der Waals surface area contributed by atoms with Crippen LogP contribution < -0.4 is 14.8 Å². The number of hydrogen-bond donors (Lipinski definition) is 1. The summed E-state index contributed by atoms with van der Waals surface area (Å²) in [7, 11) is 0. The van der Waals surface area contributed by atoms with Gasteiger partial charge in [-0.05, 0) is 61.2 Å². The van der Waals surface area contributed by atoms with E-state index >= 15 is 0 Å². The molecule has 0 saturated carbocycles. The van der Waals surface area contributed by atoms with Gasteiger partial charge in [-0.3, -0.25) is 14.5 Å². The van der Waals surface area contributed by atoms with E-state index in [0.717, 1.165) is 75.8 Å². The standard InChI is InChI=1S/C17H19NO3.C13H17ClN2O2/c19-17(18-10-4-1-5-11-18)7-3-2-6-14-8-9-15-16(12-14)21-13-20-15;14-12-3-1-11(2-4-12)13(17)15-5-6-16-7-9-18-10-8-16/h2-3,6-9,12H,1,4-5,10-11,13H2;1-4H,5-10H2,(H,15,17)/b6-2+,7-3+;. The molecule has 2 saturated heterocycles. The van der Waals surface area contributed by atoms with Crippen molar-refractivity contribution in [1.82, 2.24) is 15.1 Å². The molecule has 3 heterocycles. The molecule has 208 valence electrons. The fraction of sp³-hybridized carbons (Fsp3) is 0.400. The third-order valence-corrected chi connectivity index (χ3v) is 6.88. The molecule has 9 heteroatoms. The van der Waals surface area contributed by atoms with Crippen LogP contribution in [0.3, 0.4) is 0 Å². The average Bonchev–Trinajstić information content (AvgIpc) is 3.45. The van der Waals surface area contributed by atoms with E-state index in [1.165, 1.54) is 6.42 Å². The topological polar surface area (TPSA) is 80.3 Å². The maximum Gasteiger partial charge on any atom is 0.251 e. The van der Waals surface area contributed by atoms with E-state index in [9.17, 15) is 9.59 Å². The minimum Gasteiger partial charge on any atom is -0.454 e. The number of hydrogen-bond acceptors (Lipinski definition) is 6. The lowest BCUT2D eigenvalue weighted by atomic mass is 10.1. The van der Waals surface area contributed by atoms with Crippen molar-refractivity contribution in [2.75, 3.05) is 59.3 Å². The van der Waals surface area contributed by atoms with Crippen molar-refractivity contribution in [1.29, 1.82) is 0 Å². The number of halogens is 1. The molecule has 2 aromatic carbocycles. The quantitative estimate of drug-likeness (QED) is 0.404. The second-order valence-corrected chi connectivity index (χ2v) is 9.87. The minimum absolute atomic E-state index is 0.0556. The van der Waals surface area contributed by atoms with Crippen molar-refractivity contribution >= 4 is 29.5 Å². The van der Waals surface area contributed by atoms with Gasteiger partial charge in [-0.25, -0.2) is 0 Å². The van der Waals surface area contributed by atoms with Crippen molar-refractivity contribution < 1.29 is 23.8 Å². The summed E-state index contributed by atoms with van der Waals surface area (Å²) in [4.78, 5) is 27.9. The molecule has 2 fully saturated rings. The zero-order chi connectivity index (χ0) is 27.3. The van der Waals surface area contributed by atoms with Crippen LogP contribution in [0.5, 0.6) is 11.5 Å². The average molecular weight is 554 g/mol. The molecule has 8 nitrogen and oxygen atoms in total. The lowest BCUT2D eigenvalue weighted by Gasteiger charge is -2.26. The van der Waals surface area contributed by atoms with Crippen LogP contribution in [-0.4, -0.2) is 80.9 Å². The van der Waals surface area contributed by atoms with Gasteiger partial charge < -0.3 is 24.4 Å². The summed E-state index contributed by atoms with van der Waals surface area (Å²) in [5.74, 6) is 1.60. The number of carbonyl (C=O) groups is 2. The Kier molecular flexibility index (Phi) is 11.3. The van der Waals surface area contributed by atoms with Gasteiger partial charge in [0.05, 0.1) is 13.2 Å². The van der Waals surface area contributed by atoms with Gasteiger partial charge in [-0.2, -0.15) is 0 Å². The van der Waals surface area contributed by atoms with Crippen LogP contribution in [-0.2, 0) is 9.53 Å². The number of amides is 2. The van der Waals surface area contributed by atoms with E-state index in [0.29, 0.717) is 17.1 Å². The maximum absolute atomic E-state index is 11.9. The smallest absolute Gasteiger partial charge is 0.251 e. The number of morpholine rings is 1. The zero-order valence-corrected chi connectivity index (χ0v) is 22.9. The molecular weight excluding hydrogens is 518 g/mol. The number of carbonyl (C=O) groups excluding carboxylic acids is 2. The number of nitrogens with one attached hydrogen (secondary N) is 1. The molecule has 3 aliphatic heterocycles. The third-order valence-electron chi connectivity index (χ3n) is 6.63. The highest BCUT2D eigenvalue weighted by Gasteiger charge is 2.14. The number of fused-ring (bicyclic) bond motifs is 1. The van der Waals surface area contributed by atoms with Gasteiger partial charge >= 0.3 is 0 Å². The first-order valence-electron chi connectivity index (χ1n) is 13.5. The summed E-state index contributed by atoms with van der Waals surface area (Å²) in [5.41, 5.74) is 1.66. The Bertz CT molecular complexity index is 1140. The van der Waals surface area contributed by atoms with Gasteiger partial charge in [-0.15, -0.1) is 0 Å². The molecule has 0 unspecified atom stereocenters. The van der Waals surface area contributed by atoms with Gasteiger partial charge in [-0.1, -0.05) is 35.9 Å². The van der Waals surface area contributed by atoms with Crippen molar-refractivity contribution in [2.24, 2.45) is 0 Å². The Morgan fingerprint density at radius 3 is 2.41 bits per heavy atom. The van der Waals surface area contributed by atoms with Gasteiger partial charge in [0.2, 0.25) is 12.7 Å². The van der Waals surface area contributed by atoms with E-state index in [1.54, 1.807) is 36.4 Å². The van der Waals surface area contributed by atoms with Crippen LogP contribution >= 0.6 is 11.6 Å². The molecule has 0 bridgehead atoms. The molecule has 0 aromatic heterocycles. The SMILES string of the molecule is O=C(/C=C/C=C/c1ccc2c(c1)OCO2)N1CCCCC1.O=C(NCCN1CCOCC1)c1ccc(Cl)cc1. The largest absolute Gasteiger partial charge is 0.454 e. The Labute approximate surface area is 235 Å². The first kappa shape index (κ1) is 28.7. The number of likely N-dealkylation sites (tertiary alicyclic amines) is 1. The van der Waals surface area contributed by atoms with Crippen LogP contribution in [0.15, 0.2) is 60.7 Å². The van der Waals surface area contributed by atoms with Crippen LogP contribution in [0.4, 0.5) is 0 Å². The number of allylic oxidation sites excluding steroid dienone is 2. The minimum atomic E-state index is -0.0556. The third kappa shape index (κ3) is 9.42. The summed E-state index contributed by atoms with van der Waals surface area (Å²) < 4.78 is 15.9. The number of nitrogens with zero attached hydrogens (tertiary/aromatic N) is 2. The summed E-state index contributed by atoms with van der Waals surface area (Å²) in [6.45, 7) is 7.02. The van der Waals surface area contributed by atoms with Crippen molar-refractivity contribution in [3.8, 4) is 11.5 Å². The lowest BCUT2D eigenvalue weighted by molar-refractivity contribution is -0.126. The Hall–Kier alpha value is -3.33. The summed E-state index contributed by atoms with van der Waals surface area (Å²) in [6, 6.07) is 12.7. The van der Waals surface area contributed by atoms with Crippen LogP contribution in [0, 0.1) is 0 Å². The summed E-state index contributed by atoms with van der Waals surface area (Å²) >= 11 is 5.77. The number of piperidine rings is 1. The van der Waals surface area contributed by atoms with Gasteiger partial charge in [0.1, 0.15) is 0 Å². The lowest BCUT2D eigenvalue weighted by Crippen LogP contribution is -2.41. The predicted molar refractivity (Wildman–Crippen MR) is 152 cm³/mol. The molecule has 39 heavy (non-hydrogen) atoms. The number of benzene rings is 2. The van der Waals surface area contributed by atoms with E-state index in [-0.39, 0.29) is 18.6 Å². The normalized spacial score (nSPS) is 17.2. The fourth-order valence-electron chi connectivity index (χ4n) is 4.40. The molecule has 0 spiro atoms. The first-order valence-corrected chi connectivity index (χ1v) is 13.8. The fourth-order valence-corrected chi connectivity index (χ4v) is 4.52. The monoisotopic (exact) mass is 553 g/mol. The highest BCUT2D eigenvalue weighted by atomic mass is 35.5. The Morgan fingerprint density at radius 1 is 0.897 bits per heavy atom. The highest BCUT2D eigenvalue weighted by Crippen LogP contribution is 2.32. The Morgan fingerprint density at radius 2 is 1.64 bits per heavy atom. The zero-order valence-electron chi connectivity index (χ0n) is 22.1. The van der Waals surface area contributed by atoms with E-state index in [4.69, 9.17) is 25.8 Å². The van der Waals surface area contributed by atoms with Crippen LogP contribution in [0.1, 0.15) is 35.2 Å². The molecule has 3 aliphatic rings. The Balaban J connectivity index is 0.000000183. The molecule has 1 N–H and O–H groups in total. The predicted octanol–water partition coefficient (Wildman–Crippen LogP) is 4.40. The van der Waals surface area contributed by atoms with Gasteiger partial charge in [0, 0.05) is 55.9 Å². The van der Waals surface area contributed by atoms with Crippen LogP contribution in [0.2, 0.25) is 5.02 Å². The summed E-state index contributed by atoms with van der Waals surface area (Å²) in [5, 5.41) is 3.54. The van der Waals surface area contributed by atoms with E-state index in [2.05, 4.69) is 10.2 Å². The number of rotatable bonds is 7. The summed E-state index contributed by atoms with van der Waals surface area (Å²) in [6.07, 6.45) is 10.7. The van der Waals surface area contributed by atoms with Crippen molar-refractivity contribution in [3.63, 3.8) is 0 Å². The highest BCUT2D eigenvalue weighted by molar-refractivity contribution is 6.30. The molecule has 2 aromatic rings. The van der Waals surface area contributed by atoms with Gasteiger partial charge in [0.15, 0.2) is 11.5 Å². The molecule has 0 atom stereocenters. The van der Waals surface area contributed by atoms with Crippen molar-refractivity contribution in [3.05, 3.63) is 76.8 Å². The van der Waals surface area contributed by atoms with Crippen molar-refractivity contribution in [2.45, 2.75) is 19.3 Å². The van der Waals surface area contributed by atoms with Crippen LogP contribution in [0.25, 0.3) is 6.08 Å². The second-order valence-electron chi connectivity index (χ2n) is 9.43. The first-order chi connectivity index (χ1) is 19.1. The molecular formula is C30H36ClN3O5. The van der Waals surface area contributed by atoms with E-state index < -0.39 is 0 Å². The number of ether oxygens (including phenoxy) is 3.